The lowest BCUT2D eigenvalue weighted by Gasteiger charge is -2.17. The quantitative estimate of drug-likeness (QED) is 0.498. The van der Waals surface area contributed by atoms with Gasteiger partial charge in [-0.3, -0.25) is 4.98 Å². The predicted molar refractivity (Wildman–Crippen MR) is 128 cm³/mol. The summed E-state index contributed by atoms with van der Waals surface area (Å²) in [5, 5.41) is 3.55. The normalized spacial score (nSPS) is 13.7. The van der Waals surface area contributed by atoms with Crippen molar-refractivity contribution in [3.8, 4) is 0 Å². The summed E-state index contributed by atoms with van der Waals surface area (Å²) in [6.07, 6.45) is 7.87. The van der Waals surface area contributed by atoms with Crippen molar-refractivity contribution < 1.29 is 0 Å². The molecule has 1 aliphatic rings. The fourth-order valence-corrected chi connectivity index (χ4v) is 3.86. The number of hydrogen-bond acceptors (Lipinski definition) is 2. The van der Waals surface area contributed by atoms with Crippen molar-refractivity contribution in [1.29, 1.82) is 0 Å². The fraction of sp³-hybridized carbons (Fsp3) is 0.107. The van der Waals surface area contributed by atoms with Gasteiger partial charge in [0.25, 0.3) is 0 Å². The van der Waals surface area contributed by atoms with E-state index in [0.717, 1.165) is 39.1 Å². The van der Waals surface area contributed by atoms with Gasteiger partial charge in [0.2, 0.25) is 0 Å². The van der Waals surface area contributed by atoms with E-state index in [4.69, 9.17) is 0 Å². The summed E-state index contributed by atoms with van der Waals surface area (Å²) >= 11 is 0. The van der Waals surface area contributed by atoms with Gasteiger partial charge in [-0.2, -0.15) is 0 Å². The van der Waals surface area contributed by atoms with Gasteiger partial charge in [0.1, 0.15) is 0 Å². The van der Waals surface area contributed by atoms with E-state index in [1.807, 2.05) is 25.4 Å². The Labute approximate surface area is 179 Å². The average molecular weight is 391 g/mol. The smallest absolute Gasteiger partial charge is 0.0423 e. The first-order chi connectivity index (χ1) is 14.5. The molecule has 1 aliphatic heterocycles. The molecule has 3 aromatic rings. The average Bonchev–Trinajstić information content (AvgIpc) is 2.89. The van der Waals surface area contributed by atoms with Gasteiger partial charge in [0.05, 0.1) is 0 Å². The van der Waals surface area contributed by atoms with E-state index in [-0.39, 0.29) is 0 Å². The Bertz CT molecular complexity index is 1180. The van der Waals surface area contributed by atoms with E-state index < -0.39 is 0 Å². The second-order valence-corrected chi connectivity index (χ2v) is 7.78. The summed E-state index contributed by atoms with van der Waals surface area (Å²) in [5.74, 6) is 0. The molecule has 0 radical (unpaired) electrons. The van der Waals surface area contributed by atoms with E-state index in [0.29, 0.717) is 6.54 Å². The Morgan fingerprint density at radius 3 is 2.57 bits per heavy atom. The monoisotopic (exact) mass is 390 g/mol. The lowest BCUT2D eigenvalue weighted by Crippen LogP contribution is -2.04. The Kier molecular flexibility index (Phi) is 5.49. The number of aromatic nitrogens is 1. The number of allylic oxidation sites excluding steroid dienone is 2. The first-order valence-electron chi connectivity index (χ1n) is 10.1. The second-order valence-electron chi connectivity index (χ2n) is 7.78. The van der Waals surface area contributed by atoms with E-state index in [9.17, 15) is 0 Å². The third-order valence-corrected chi connectivity index (χ3v) is 5.30. The molecule has 0 amide bonds. The van der Waals surface area contributed by atoms with Crippen LogP contribution in [0.4, 0.5) is 5.69 Å². The van der Waals surface area contributed by atoms with Gasteiger partial charge in [-0.1, -0.05) is 67.3 Å². The lowest BCUT2D eigenvalue weighted by atomic mass is 9.86. The van der Waals surface area contributed by atoms with Crippen LogP contribution in [0.2, 0.25) is 0 Å². The third-order valence-electron chi connectivity index (χ3n) is 5.30. The Morgan fingerprint density at radius 1 is 1.00 bits per heavy atom. The maximum Gasteiger partial charge on any atom is 0.0423 e. The minimum atomic E-state index is 0.681. The summed E-state index contributed by atoms with van der Waals surface area (Å²) < 4.78 is 0. The second kappa shape index (κ2) is 8.38. The van der Waals surface area contributed by atoms with Crippen molar-refractivity contribution in [3.63, 3.8) is 0 Å². The van der Waals surface area contributed by atoms with Crippen molar-refractivity contribution in [2.45, 2.75) is 13.8 Å². The third kappa shape index (κ3) is 4.04. The molecule has 0 aliphatic carbocycles. The van der Waals surface area contributed by atoms with Crippen molar-refractivity contribution in [1.82, 2.24) is 4.98 Å². The maximum atomic E-state index is 4.43. The molecule has 0 fully saturated rings. The van der Waals surface area contributed by atoms with Crippen LogP contribution in [0, 0.1) is 13.8 Å². The zero-order chi connectivity index (χ0) is 21.1. The first kappa shape index (κ1) is 19.7. The fourth-order valence-electron chi connectivity index (χ4n) is 3.86. The minimum Gasteiger partial charge on any atom is -0.380 e. The predicted octanol–water partition coefficient (Wildman–Crippen LogP) is 6.75. The van der Waals surface area contributed by atoms with Gasteiger partial charge in [-0.25, -0.2) is 0 Å². The Morgan fingerprint density at radius 2 is 1.80 bits per heavy atom. The number of anilines is 1. The van der Waals surface area contributed by atoms with Gasteiger partial charge in [-0.15, -0.1) is 0 Å². The minimum absolute atomic E-state index is 0.681. The summed E-state index contributed by atoms with van der Waals surface area (Å²) in [6.45, 7) is 13.7. The number of hydrogen-bond donors (Lipinski definition) is 1. The topological polar surface area (TPSA) is 24.9 Å². The number of nitrogens with one attached hydrogen (secondary N) is 1. The Balaban J connectivity index is 1.89. The van der Waals surface area contributed by atoms with Crippen LogP contribution in [0.25, 0.3) is 11.6 Å². The molecule has 0 saturated carbocycles. The van der Waals surface area contributed by atoms with Gasteiger partial charge < -0.3 is 5.32 Å². The van der Waals surface area contributed by atoms with Gasteiger partial charge >= 0.3 is 0 Å². The van der Waals surface area contributed by atoms with Gasteiger partial charge in [0, 0.05) is 30.2 Å². The molecule has 0 saturated heterocycles. The largest absolute Gasteiger partial charge is 0.380 e. The van der Waals surface area contributed by atoms with Crippen molar-refractivity contribution in [3.05, 3.63) is 131 Å². The summed E-state index contributed by atoms with van der Waals surface area (Å²) in [4.78, 5) is 4.29. The number of pyridine rings is 1. The van der Waals surface area contributed by atoms with Crippen molar-refractivity contribution >= 4 is 17.3 Å². The number of benzene rings is 2. The number of fused-ring (bicyclic) bond motifs is 1. The molecule has 0 bridgehead atoms. The lowest BCUT2D eigenvalue weighted by molar-refractivity contribution is 1.25. The highest BCUT2D eigenvalue weighted by molar-refractivity contribution is 5.94. The van der Waals surface area contributed by atoms with Crippen LogP contribution in [0.1, 0.15) is 27.8 Å². The standard InChI is InChI=1S/C28H26N2/c1-19-10-13-26-25(15-19)28(24-8-6-5-7-9-24)27(22(4)17-30-26)21(3)11-12-23-14-20(2)16-29-18-23/h5-16,18,30H,3-4,17H2,1-2H3/b12-11+. The SMILES string of the molecule is C=C(/C=C/c1cncc(C)c1)C1=C(c2ccccc2)c2cc(C)ccc2NCC1=C. The molecular weight excluding hydrogens is 364 g/mol. The summed E-state index contributed by atoms with van der Waals surface area (Å²) in [5.41, 5.74) is 11.1. The molecule has 2 aromatic carbocycles. The van der Waals surface area contributed by atoms with Gasteiger partial charge in [0.15, 0.2) is 0 Å². The van der Waals surface area contributed by atoms with Crippen molar-refractivity contribution in [2.24, 2.45) is 0 Å². The Hall–Kier alpha value is -3.65. The number of nitrogens with zero attached hydrogens (tertiary/aromatic N) is 1. The van der Waals surface area contributed by atoms with E-state index >= 15 is 0 Å². The van der Waals surface area contributed by atoms with E-state index in [1.165, 1.54) is 16.7 Å². The summed E-state index contributed by atoms with van der Waals surface area (Å²) in [6, 6.07) is 19.2. The van der Waals surface area contributed by atoms with Crippen LogP contribution >= 0.6 is 0 Å². The molecule has 2 heterocycles. The highest BCUT2D eigenvalue weighted by atomic mass is 14.9. The zero-order valence-corrected chi connectivity index (χ0v) is 17.6. The molecular formula is C28H26N2. The van der Waals surface area contributed by atoms with Crippen LogP contribution in [0.5, 0.6) is 0 Å². The van der Waals surface area contributed by atoms with E-state index in [2.05, 4.69) is 91.1 Å². The first-order valence-corrected chi connectivity index (χ1v) is 10.1. The highest BCUT2D eigenvalue weighted by Gasteiger charge is 2.22. The summed E-state index contributed by atoms with van der Waals surface area (Å²) in [7, 11) is 0. The molecule has 4 rings (SSSR count). The van der Waals surface area contributed by atoms with Gasteiger partial charge in [-0.05, 0) is 71.0 Å². The molecule has 30 heavy (non-hydrogen) atoms. The number of aryl methyl sites for hydroxylation is 2. The maximum absolute atomic E-state index is 4.43. The molecule has 0 atom stereocenters. The molecule has 0 unspecified atom stereocenters. The molecule has 148 valence electrons. The van der Waals surface area contributed by atoms with Crippen LogP contribution in [0.15, 0.2) is 103 Å². The molecule has 0 spiro atoms. The van der Waals surface area contributed by atoms with Crippen molar-refractivity contribution in [2.75, 3.05) is 11.9 Å². The molecule has 1 N–H and O–H groups in total. The van der Waals surface area contributed by atoms with Crippen LogP contribution < -0.4 is 5.32 Å². The molecule has 2 heteroatoms. The molecule has 2 nitrogen and oxygen atoms in total. The number of rotatable bonds is 4. The van der Waals surface area contributed by atoms with E-state index in [1.54, 1.807) is 0 Å². The van der Waals surface area contributed by atoms with Crippen LogP contribution in [0.3, 0.4) is 0 Å². The highest BCUT2D eigenvalue weighted by Crippen LogP contribution is 2.40. The molecule has 1 aromatic heterocycles. The van der Waals surface area contributed by atoms with Crippen LogP contribution in [-0.4, -0.2) is 11.5 Å². The van der Waals surface area contributed by atoms with Crippen LogP contribution in [-0.2, 0) is 0 Å². The zero-order valence-electron chi connectivity index (χ0n) is 17.6.